The number of hydrogen-bond acceptors (Lipinski definition) is 1. The summed E-state index contributed by atoms with van der Waals surface area (Å²) in [4.78, 5) is 0. The molecule has 17 heavy (non-hydrogen) atoms. The monoisotopic (exact) mass is 237 g/mol. The van der Waals surface area contributed by atoms with E-state index in [1.807, 2.05) is 13.0 Å². The van der Waals surface area contributed by atoms with E-state index in [2.05, 4.69) is 19.2 Å². The molecule has 1 nitrogen and oxygen atoms in total. The normalized spacial score (nSPS) is 12.5. The van der Waals surface area contributed by atoms with Gasteiger partial charge in [-0.15, -0.1) is 0 Å². The number of aryl methyl sites for hydroxylation is 1. The summed E-state index contributed by atoms with van der Waals surface area (Å²) in [6, 6.07) is 4.92. The van der Waals surface area contributed by atoms with Crippen molar-refractivity contribution in [2.45, 2.75) is 46.5 Å². The van der Waals surface area contributed by atoms with Crippen LogP contribution in [0, 0.1) is 18.7 Å². The van der Waals surface area contributed by atoms with Gasteiger partial charge in [-0.05, 0) is 37.0 Å². The molecular weight excluding hydrogens is 213 g/mol. The maximum Gasteiger partial charge on any atom is 0.125 e. The van der Waals surface area contributed by atoms with E-state index < -0.39 is 0 Å². The van der Waals surface area contributed by atoms with E-state index in [9.17, 15) is 4.39 Å². The molecule has 0 heterocycles. The first-order chi connectivity index (χ1) is 8.17. The Hall–Kier alpha value is -1.05. The molecule has 0 amide bonds. The van der Waals surface area contributed by atoms with Gasteiger partial charge in [0.25, 0.3) is 0 Å². The van der Waals surface area contributed by atoms with Gasteiger partial charge in [0.1, 0.15) is 5.82 Å². The van der Waals surface area contributed by atoms with Gasteiger partial charge in [-0.1, -0.05) is 39.2 Å². The van der Waals surface area contributed by atoms with Gasteiger partial charge in [0.05, 0.1) is 0 Å². The Bertz CT molecular complexity index is 336. The van der Waals surface area contributed by atoms with Gasteiger partial charge in [-0.25, -0.2) is 4.39 Å². The zero-order valence-corrected chi connectivity index (χ0v) is 11.2. The first-order valence-electron chi connectivity index (χ1n) is 6.67. The van der Waals surface area contributed by atoms with E-state index in [1.165, 1.54) is 31.7 Å². The molecule has 0 aliphatic rings. The molecule has 1 aromatic carbocycles. The molecule has 0 spiro atoms. The van der Waals surface area contributed by atoms with Crippen LogP contribution in [0.25, 0.3) is 0 Å². The highest BCUT2D eigenvalue weighted by molar-refractivity contribution is 5.50. The molecule has 1 N–H and O–H groups in total. The van der Waals surface area contributed by atoms with Crippen molar-refractivity contribution < 1.29 is 4.39 Å². The van der Waals surface area contributed by atoms with Crippen LogP contribution in [-0.2, 0) is 0 Å². The van der Waals surface area contributed by atoms with Gasteiger partial charge in [0, 0.05) is 12.2 Å². The highest BCUT2D eigenvalue weighted by Crippen LogP contribution is 2.18. The molecule has 1 rings (SSSR count). The van der Waals surface area contributed by atoms with Crippen LogP contribution in [0.3, 0.4) is 0 Å². The summed E-state index contributed by atoms with van der Waals surface area (Å²) in [6.07, 6.45) is 4.97. The van der Waals surface area contributed by atoms with E-state index >= 15 is 0 Å². The summed E-state index contributed by atoms with van der Waals surface area (Å²) in [5, 5.41) is 3.37. The van der Waals surface area contributed by atoms with Crippen LogP contribution in [0.2, 0.25) is 0 Å². The predicted octanol–water partition coefficient (Wildman–Crippen LogP) is 4.76. The van der Waals surface area contributed by atoms with Crippen LogP contribution in [-0.4, -0.2) is 6.54 Å². The second-order valence-electron chi connectivity index (χ2n) is 4.76. The molecule has 1 aromatic rings. The van der Waals surface area contributed by atoms with Gasteiger partial charge < -0.3 is 5.32 Å². The number of nitrogens with one attached hydrogen (secondary N) is 1. The SMILES string of the molecule is CCCCC(CC)CNc1cc(F)ccc1C. The predicted molar refractivity (Wildman–Crippen MR) is 72.9 cm³/mol. The van der Waals surface area contributed by atoms with Crippen molar-refractivity contribution in [2.24, 2.45) is 5.92 Å². The fraction of sp³-hybridized carbons (Fsp3) is 0.600. The summed E-state index contributed by atoms with van der Waals surface area (Å²) < 4.78 is 13.1. The second kappa shape index (κ2) is 7.31. The first-order valence-corrected chi connectivity index (χ1v) is 6.67. The largest absolute Gasteiger partial charge is 0.384 e. The van der Waals surface area contributed by atoms with E-state index in [0.29, 0.717) is 5.92 Å². The van der Waals surface area contributed by atoms with Crippen molar-refractivity contribution in [1.29, 1.82) is 0 Å². The van der Waals surface area contributed by atoms with Crippen LogP contribution in [0.4, 0.5) is 10.1 Å². The van der Waals surface area contributed by atoms with E-state index in [-0.39, 0.29) is 5.82 Å². The van der Waals surface area contributed by atoms with Gasteiger partial charge in [0.2, 0.25) is 0 Å². The second-order valence-corrected chi connectivity index (χ2v) is 4.76. The fourth-order valence-corrected chi connectivity index (χ4v) is 1.98. The molecule has 0 aromatic heterocycles. The van der Waals surface area contributed by atoms with Gasteiger partial charge in [0.15, 0.2) is 0 Å². The molecule has 0 fully saturated rings. The van der Waals surface area contributed by atoms with Gasteiger partial charge in [-0.2, -0.15) is 0 Å². The van der Waals surface area contributed by atoms with Crippen LogP contribution < -0.4 is 5.32 Å². The average Bonchev–Trinajstić information content (AvgIpc) is 2.33. The Balaban J connectivity index is 2.50. The Morgan fingerprint density at radius 2 is 2.06 bits per heavy atom. The smallest absolute Gasteiger partial charge is 0.125 e. The maximum atomic E-state index is 13.1. The Morgan fingerprint density at radius 3 is 2.71 bits per heavy atom. The number of halogens is 1. The van der Waals surface area contributed by atoms with E-state index in [4.69, 9.17) is 0 Å². The molecule has 0 radical (unpaired) electrons. The van der Waals surface area contributed by atoms with Crippen LogP contribution in [0.5, 0.6) is 0 Å². The van der Waals surface area contributed by atoms with Crippen LogP contribution >= 0.6 is 0 Å². The summed E-state index contributed by atoms with van der Waals surface area (Å²) in [5.41, 5.74) is 2.04. The lowest BCUT2D eigenvalue weighted by molar-refractivity contribution is 0.472. The maximum absolute atomic E-state index is 13.1. The van der Waals surface area contributed by atoms with E-state index in [1.54, 1.807) is 6.07 Å². The highest BCUT2D eigenvalue weighted by atomic mass is 19.1. The summed E-state index contributed by atoms with van der Waals surface area (Å²) in [6.45, 7) is 7.40. The Kier molecular flexibility index (Phi) is 6.03. The van der Waals surface area contributed by atoms with Crippen molar-refractivity contribution in [3.8, 4) is 0 Å². The molecule has 0 bridgehead atoms. The molecule has 1 atom stereocenters. The third-order valence-corrected chi connectivity index (χ3v) is 3.32. The fourth-order valence-electron chi connectivity index (χ4n) is 1.98. The Morgan fingerprint density at radius 1 is 1.29 bits per heavy atom. The lowest BCUT2D eigenvalue weighted by Crippen LogP contribution is -2.14. The molecule has 0 aliphatic carbocycles. The third kappa shape index (κ3) is 4.76. The van der Waals surface area contributed by atoms with Crippen molar-refractivity contribution in [1.82, 2.24) is 0 Å². The molecule has 0 saturated carbocycles. The standard InChI is InChI=1S/C15H24FN/c1-4-6-7-13(5-2)11-17-15-10-14(16)9-8-12(15)3/h8-10,13,17H,4-7,11H2,1-3H3. The van der Waals surface area contributed by atoms with Crippen LogP contribution in [0.15, 0.2) is 18.2 Å². The number of benzene rings is 1. The number of anilines is 1. The molecule has 96 valence electrons. The Labute approximate surface area is 104 Å². The molecular formula is C15H24FN. The topological polar surface area (TPSA) is 12.0 Å². The van der Waals surface area contributed by atoms with Crippen molar-refractivity contribution in [3.63, 3.8) is 0 Å². The van der Waals surface area contributed by atoms with Gasteiger partial charge in [-0.3, -0.25) is 0 Å². The zero-order valence-electron chi connectivity index (χ0n) is 11.2. The molecule has 0 aliphatic heterocycles. The summed E-state index contributed by atoms with van der Waals surface area (Å²) >= 11 is 0. The van der Waals surface area contributed by atoms with Gasteiger partial charge >= 0.3 is 0 Å². The lowest BCUT2D eigenvalue weighted by Gasteiger charge is -2.17. The molecule has 0 saturated heterocycles. The minimum absolute atomic E-state index is 0.167. The first kappa shape index (κ1) is 14.0. The average molecular weight is 237 g/mol. The quantitative estimate of drug-likeness (QED) is 0.720. The molecule has 2 heteroatoms. The van der Waals surface area contributed by atoms with Crippen molar-refractivity contribution in [2.75, 3.05) is 11.9 Å². The number of unbranched alkanes of at least 4 members (excludes halogenated alkanes) is 1. The molecule has 1 unspecified atom stereocenters. The number of hydrogen-bond donors (Lipinski definition) is 1. The van der Waals surface area contributed by atoms with Crippen LogP contribution in [0.1, 0.15) is 45.1 Å². The number of rotatable bonds is 7. The van der Waals surface area contributed by atoms with Crippen molar-refractivity contribution in [3.05, 3.63) is 29.6 Å². The summed E-state index contributed by atoms with van der Waals surface area (Å²) in [7, 11) is 0. The lowest BCUT2D eigenvalue weighted by atomic mass is 9.99. The summed E-state index contributed by atoms with van der Waals surface area (Å²) in [5.74, 6) is 0.525. The third-order valence-electron chi connectivity index (χ3n) is 3.32. The van der Waals surface area contributed by atoms with E-state index in [0.717, 1.165) is 17.8 Å². The minimum atomic E-state index is -0.167. The van der Waals surface area contributed by atoms with Crippen molar-refractivity contribution >= 4 is 5.69 Å². The zero-order chi connectivity index (χ0) is 12.7. The highest BCUT2D eigenvalue weighted by Gasteiger charge is 2.06. The minimum Gasteiger partial charge on any atom is -0.384 e.